The van der Waals surface area contributed by atoms with Gasteiger partial charge in [0.2, 0.25) is 0 Å². The Balaban J connectivity index is 0.000000146. The number of hydrogen-bond donors (Lipinski definition) is 0. The highest BCUT2D eigenvalue weighted by Gasteiger charge is 2.51. The molecule has 0 atom stereocenters. The van der Waals surface area contributed by atoms with Gasteiger partial charge in [-0.2, -0.15) is 0 Å². The molecule has 0 bridgehead atoms. The SMILES string of the molecule is Brc1cccc(-c2nc(-c3ccccc3)nc3c2ccc2ccccc23)c1.C.C.C1CCOC1.CC1(C)OB(c2ccc(-c3cc(-c4ccccc4)cc(-c4ccccc4)n3)cc2)OC1(C)C.[2HH].c1ccc(-c2cc(-c3ccccc3)nc(-c3ccc(-c4cccc(-c5nc(-c6ccccc6)nc6c5ccc5ccccc56)c4)cc3)c2)cc1. The lowest BCUT2D eigenvalue weighted by Crippen LogP contribution is -2.41. The van der Waals surface area contributed by atoms with E-state index in [0.29, 0.717) is 0 Å². The highest BCUT2D eigenvalue weighted by Crippen LogP contribution is 2.41. The van der Waals surface area contributed by atoms with Crippen LogP contribution < -0.4 is 5.46 Å². The molecule has 14 aromatic carbocycles. The van der Waals surface area contributed by atoms with Gasteiger partial charge in [-0.05, 0) is 145 Å². The molecule has 2 saturated heterocycles. The van der Waals surface area contributed by atoms with E-state index in [9.17, 15) is 0 Å². The van der Waals surface area contributed by atoms with Crippen LogP contribution in [0.1, 0.15) is 56.8 Å². The number of pyridine rings is 2. The predicted octanol–water partition coefficient (Wildman–Crippen LogP) is 27.8. The van der Waals surface area contributed by atoms with Crippen molar-refractivity contribution in [2.75, 3.05) is 13.2 Å². The Labute approximate surface area is 696 Å². The monoisotopic (exact) mass is 1590 g/mol. The van der Waals surface area contributed by atoms with E-state index in [4.69, 9.17) is 43.9 Å². The number of benzene rings is 14. The Morgan fingerprint density at radius 2 is 0.598 bits per heavy atom. The third-order valence-corrected chi connectivity index (χ3v) is 22.1. The second kappa shape index (κ2) is 35.8. The molecule has 0 amide bonds. The van der Waals surface area contributed by atoms with Crippen LogP contribution in [-0.4, -0.2) is 61.4 Å². The average Bonchev–Trinajstić information content (AvgIpc) is 0.867. The van der Waals surface area contributed by atoms with Crippen LogP contribution in [-0.2, 0) is 14.0 Å². The quantitative estimate of drug-likeness (QED) is 0.0873. The predicted molar refractivity (Wildman–Crippen MR) is 495 cm³/mol. The van der Waals surface area contributed by atoms with E-state index in [-0.39, 0.29) is 34.6 Å². The number of halogens is 1. The van der Waals surface area contributed by atoms with Gasteiger partial charge in [-0.15, -0.1) is 0 Å². The molecular formula is C106H92BBrN6O3. The van der Waals surface area contributed by atoms with Gasteiger partial charge in [0.15, 0.2) is 11.6 Å². The van der Waals surface area contributed by atoms with Crippen LogP contribution in [0.3, 0.4) is 0 Å². The normalized spacial score (nSPS) is 13.1. The maximum atomic E-state index is 6.21. The Morgan fingerprint density at radius 1 is 0.274 bits per heavy atom. The zero-order valence-corrected chi connectivity index (χ0v) is 66.1. The fourth-order valence-corrected chi connectivity index (χ4v) is 15.1. The van der Waals surface area contributed by atoms with Crippen LogP contribution in [0.5, 0.6) is 0 Å². The molecule has 0 unspecified atom stereocenters. The van der Waals surface area contributed by atoms with Gasteiger partial charge in [0.25, 0.3) is 0 Å². The summed E-state index contributed by atoms with van der Waals surface area (Å²) in [4.78, 5) is 30.3. The molecule has 0 saturated carbocycles. The van der Waals surface area contributed by atoms with Gasteiger partial charge in [0.05, 0.1) is 56.4 Å². The van der Waals surface area contributed by atoms with Crippen molar-refractivity contribution >= 4 is 71.9 Å². The van der Waals surface area contributed by atoms with Crippen LogP contribution in [0.25, 0.3) is 167 Å². The molecule has 117 heavy (non-hydrogen) atoms. The first kappa shape index (κ1) is 79.2. The van der Waals surface area contributed by atoms with E-state index < -0.39 is 0 Å². The molecule has 0 aliphatic carbocycles. The molecule has 0 N–H and O–H groups in total. The van der Waals surface area contributed by atoms with Gasteiger partial charge < -0.3 is 14.0 Å². The highest BCUT2D eigenvalue weighted by atomic mass is 79.9. The summed E-state index contributed by atoms with van der Waals surface area (Å²) >= 11 is 3.58. The zero-order chi connectivity index (χ0) is 78.1. The second-order valence-electron chi connectivity index (χ2n) is 29.8. The molecule has 6 heterocycles. The maximum absolute atomic E-state index is 6.21. The minimum Gasteiger partial charge on any atom is -0.399 e. The Bertz CT molecular complexity index is 6310. The van der Waals surface area contributed by atoms with Gasteiger partial charge in [0.1, 0.15) is 0 Å². The Hall–Kier alpha value is -13.0. The minimum atomic E-state index is -0.368. The second-order valence-corrected chi connectivity index (χ2v) is 30.7. The van der Waals surface area contributed by atoms with Crippen LogP contribution >= 0.6 is 15.9 Å². The van der Waals surface area contributed by atoms with Crippen LogP contribution in [0, 0.1) is 0 Å². The summed E-state index contributed by atoms with van der Waals surface area (Å²) in [6.07, 6.45) is 2.56. The van der Waals surface area contributed by atoms with E-state index >= 15 is 0 Å². The summed E-state index contributed by atoms with van der Waals surface area (Å²) in [6.45, 7) is 10.3. The summed E-state index contributed by atoms with van der Waals surface area (Å²) in [5.74, 6) is 1.47. The lowest BCUT2D eigenvalue weighted by molar-refractivity contribution is 0.00578. The van der Waals surface area contributed by atoms with Crippen molar-refractivity contribution in [2.24, 2.45) is 0 Å². The first-order valence-corrected chi connectivity index (χ1v) is 39.9. The lowest BCUT2D eigenvalue weighted by atomic mass is 9.78. The van der Waals surface area contributed by atoms with Gasteiger partial charge in [0, 0.05) is 85.2 Å². The van der Waals surface area contributed by atoms with Crippen LogP contribution in [0.2, 0.25) is 0 Å². The van der Waals surface area contributed by atoms with Gasteiger partial charge in [-0.3, -0.25) is 0 Å². The summed E-state index contributed by atoms with van der Waals surface area (Å²) in [5.41, 5.74) is 23.3. The number of fused-ring (bicyclic) bond motifs is 6. The van der Waals surface area contributed by atoms with Crippen molar-refractivity contribution in [1.29, 1.82) is 0 Å². The number of hydrogen-bond acceptors (Lipinski definition) is 9. The highest BCUT2D eigenvalue weighted by molar-refractivity contribution is 9.10. The summed E-state index contributed by atoms with van der Waals surface area (Å²) in [7, 11) is -0.368. The molecule has 0 radical (unpaired) electrons. The fraction of sp³-hybridized carbons (Fsp3) is 0.113. The zero-order valence-electron chi connectivity index (χ0n) is 64.5. The summed E-state index contributed by atoms with van der Waals surface area (Å²) in [5, 5.41) is 6.71. The molecule has 18 aromatic rings. The molecule has 2 aliphatic rings. The van der Waals surface area contributed by atoms with E-state index in [2.05, 4.69) is 341 Å². The summed E-state index contributed by atoms with van der Waals surface area (Å²) in [6, 6.07) is 130. The number of ether oxygens (including phenoxy) is 1. The van der Waals surface area contributed by atoms with E-state index in [0.717, 1.165) is 174 Å². The minimum absolute atomic E-state index is 0. The van der Waals surface area contributed by atoms with Crippen LogP contribution in [0.15, 0.2) is 381 Å². The molecule has 11 heteroatoms. The molecule has 4 aromatic heterocycles. The third kappa shape index (κ3) is 17.8. The van der Waals surface area contributed by atoms with Crippen LogP contribution in [0.4, 0.5) is 0 Å². The number of rotatable bonds is 12. The Kier molecular flexibility index (Phi) is 24.3. The smallest absolute Gasteiger partial charge is 0.399 e. The lowest BCUT2D eigenvalue weighted by Gasteiger charge is -2.32. The largest absolute Gasteiger partial charge is 0.494 e. The number of aromatic nitrogens is 6. The third-order valence-electron chi connectivity index (χ3n) is 21.6. The standard InChI is InChI=1S/C47H31N3.C29H28BNO2.C24H15BrN2.C4H8O.2CH4.H2/c1-4-13-32(14-5-1)40-30-43(35-16-6-2-7-17-35)48-44(31-40)36-25-23-33(24-26-36)38-20-12-21-39(29-38)45-42-28-27-34-15-10-11-22-41(34)46(42)50-47(49-45)37-18-8-3-9-19-37;1-28(2)29(3,4)33-30(32-28)25-17-15-23(16-18-25)27-20-24(21-11-7-5-8-12-21)19-26(31-27)22-13-9-6-10-14-22;25-19-11-6-10-18(15-19)22-21-14-13-16-7-4-5-12-20(16)23(21)27-24(26-22)17-8-2-1-3-9-17;1-2-4-5-3-1;;;/h1-31H;5-20H,1-4H3;1-15H;1-4H2;2*1H4;1H/i;;;;;;1+1. The van der Waals surface area contributed by atoms with Gasteiger partial charge in [-0.25, -0.2) is 29.9 Å². The van der Waals surface area contributed by atoms with Crippen molar-refractivity contribution in [1.82, 2.24) is 29.9 Å². The maximum Gasteiger partial charge on any atom is 0.494 e. The van der Waals surface area contributed by atoms with Crippen molar-refractivity contribution in [3.63, 3.8) is 0 Å². The molecule has 2 aliphatic heterocycles. The van der Waals surface area contributed by atoms with Crippen molar-refractivity contribution in [3.05, 3.63) is 381 Å². The molecule has 9 nitrogen and oxygen atoms in total. The topological polar surface area (TPSA) is 105 Å². The Morgan fingerprint density at radius 3 is 1.00 bits per heavy atom. The first-order chi connectivity index (χ1) is 56.4. The van der Waals surface area contributed by atoms with E-state index in [1.807, 2.05) is 78.9 Å². The molecular weight excluding hydrogens is 1500 g/mol. The number of nitrogens with zero attached hydrogens (tertiary/aromatic N) is 6. The molecule has 574 valence electrons. The van der Waals surface area contributed by atoms with Gasteiger partial charge >= 0.3 is 7.12 Å². The van der Waals surface area contributed by atoms with Crippen molar-refractivity contribution in [2.45, 2.75) is 66.6 Å². The molecule has 20 rings (SSSR count). The van der Waals surface area contributed by atoms with E-state index in [1.165, 1.54) is 29.4 Å². The van der Waals surface area contributed by atoms with Crippen molar-refractivity contribution < 1.29 is 15.5 Å². The fourth-order valence-electron chi connectivity index (χ4n) is 14.7. The molecule has 0 spiro atoms. The average molecular weight is 1590 g/mol. The van der Waals surface area contributed by atoms with Crippen molar-refractivity contribution in [3.8, 4) is 124 Å². The van der Waals surface area contributed by atoms with E-state index in [1.54, 1.807) is 0 Å². The van der Waals surface area contributed by atoms with Gasteiger partial charge in [-0.1, -0.05) is 352 Å². The first-order valence-electron chi connectivity index (χ1n) is 39.2. The summed E-state index contributed by atoms with van der Waals surface area (Å²) < 4.78 is 18.4. The molecule has 2 fully saturated rings.